The van der Waals surface area contributed by atoms with E-state index in [1.165, 1.54) is 13.2 Å². The highest BCUT2D eigenvalue weighted by molar-refractivity contribution is 6.24. The van der Waals surface area contributed by atoms with Gasteiger partial charge in [-0.2, -0.15) is 0 Å². The lowest BCUT2D eigenvalue weighted by Crippen LogP contribution is -2.01. The summed E-state index contributed by atoms with van der Waals surface area (Å²) in [6.07, 6.45) is 1.60. The van der Waals surface area contributed by atoms with Crippen molar-refractivity contribution in [2.75, 3.05) is 7.11 Å². The van der Waals surface area contributed by atoms with Crippen molar-refractivity contribution in [3.63, 3.8) is 0 Å². The number of phenols is 1. The van der Waals surface area contributed by atoms with Crippen molar-refractivity contribution in [2.24, 2.45) is 5.16 Å². The van der Waals surface area contributed by atoms with Crippen molar-refractivity contribution in [3.8, 4) is 11.5 Å². The minimum Gasteiger partial charge on any atom is -0.504 e. The number of hydrogen-bond donors (Lipinski definition) is 1. The number of carbonyl (C=O) groups is 1. The van der Waals surface area contributed by atoms with E-state index in [1.807, 2.05) is 0 Å². The third-order valence-electron chi connectivity index (χ3n) is 2.39. The minimum absolute atomic E-state index is 0.0165. The highest BCUT2D eigenvalue weighted by Crippen LogP contribution is 2.27. The van der Waals surface area contributed by atoms with Gasteiger partial charge in [0.15, 0.2) is 11.5 Å². The van der Waals surface area contributed by atoms with E-state index in [2.05, 4.69) is 9.99 Å². The fourth-order valence-electron chi connectivity index (χ4n) is 1.48. The van der Waals surface area contributed by atoms with E-state index in [-0.39, 0.29) is 5.75 Å². The molecule has 5 heteroatoms. The predicted octanol–water partition coefficient (Wildman–Crippen LogP) is 1.72. The van der Waals surface area contributed by atoms with Gasteiger partial charge in [0.2, 0.25) is 0 Å². The summed E-state index contributed by atoms with van der Waals surface area (Å²) in [5, 5.41) is 13.2. The number of ether oxygens (including phenoxy) is 1. The van der Waals surface area contributed by atoms with Crippen molar-refractivity contribution in [1.29, 1.82) is 0 Å². The maximum atomic E-state index is 11.3. The molecule has 1 aromatic carbocycles. The lowest BCUT2D eigenvalue weighted by Gasteiger charge is -2.03. The van der Waals surface area contributed by atoms with Crippen LogP contribution < -0.4 is 4.74 Å². The van der Waals surface area contributed by atoms with Crippen LogP contribution in [0.2, 0.25) is 0 Å². The molecule has 17 heavy (non-hydrogen) atoms. The SMILES string of the molecule is COc1ccc(/C=C2\C(=O)ON=C2C)cc1O. The Morgan fingerprint density at radius 2 is 2.24 bits per heavy atom. The molecule has 5 nitrogen and oxygen atoms in total. The Labute approximate surface area is 98.0 Å². The van der Waals surface area contributed by atoms with Gasteiger partial charge < -0.3 is 14.7 Å². The van der Waals surface area contributed by atoms with Crippen molar-refractivity contribution < 1.29 is 19.5 Å². The monoisotopic (exact) mass is 233 g/mol. The molecule has 0 amide bonds. The molecule has 0 saturated heterocycles. The van der Waals surface area contributed by atoms with Crippen molar-refractivity contribution in [3.05, 3.63) is 29.3 Å². The highest BCUT2D eigenvalue weighted by atomic mass is 16.7. The van der Waals surface area contributed by atoms with E-state index in [0.29, 0.717) is 22.6 Å². The van der Waals surface area contributed by atoms with Crippen LogP contribution in [0.3, 0.4) is 0 Å². The Kier molecular flexibility index (Phi) is 2.82. The molecule has 1 aromatic rings. The molecule has 0 spiro atoms. The zero-order chi connectivity index (χ0) is 12.4. The third-order valence-corrected chi connectivity index (χ3v) is 2.39. The lowest BCUT2D eigenvalue weighted by atomic mass is 10.1. The fourth-order valence-corrected chi connectivity index (χ4v) is 1.48. The molecule has 1 aliphatic heterocycles. The van der Waals surface area contributed by atoms with Crippen LogP contribution in [0, 0.1) is 0 Å². The van der Waals surface area contributed by atoms with E-state index < -0.39 is 5.97 Å². The minimum atomic E-state index is -0.488. The summed E-state index contributed by atoms with van der Waals surface area (Å²) in [4.78, 5) is 15.8. The van der Waals surface area contributed by atoms with Gasteiger partial charge in [0, 0.05) is 0 Å². The van der Waals surface area contributed by atoms with Gasteiger partial charge >= 0.3 is 5.97 Å². The van der Waals surface area contributed by atoms with E-state index in [9.17, 15) is 9.90 Å². The van der Waals surface area contributed by atoms with Gasteiger partial charge in [-0.1, -0.05) is 11.2 Å². The summed E-state index contributed by atoms with van der Waals surface area (Å²) in [6, 6.07) is 4.85. The summed E-state index contributed by atoms with van der Waals surface area (Å²) in [7, 11) is 1.47. The number of hydrogen-bond acceptors (Lipinski definition) is 5. The van der Waals surface area contributed by atoms with Gasteiger partial charge in [0.25, 0.3) is 0 Å². The summed E-state index contributed by atoms with van der Waals surface area (Å²) in [6.45, 7) is 1.68. The molecule has 0 aromatic heterocycles. The summed E-state index contributed by atoms with van der Waals surface area (Å²) in [5.74, 6) is -0.0906. The summed E-state index contributed by atoms with van der Waals surface area (Å²) < 4.78 is 4.93. The number of nitrogens with zero attached hydrogens (tertiary/aromatic N) is 1. The fraction of sp³-hybridized carbons (Fsp3) is 0.167. The number of carbonyl (C=O) groups excluding carboxylic acids is 1. The Bertz CT molecular complexity index is 531. The van der Waals surface area contributed by atoms with Gasteiger partial charge in [0.1, 0.15) is 0 Å². The normalized spacial score (nSPS) is 16.9. The van der Waals surface area contributed by atoms with E-state index >= 15 is 0 Å². The largest absolute Gasteiger partial charge is 0.504 e. The predicted molar refractivity (Wildman–Crippen MR) is 61.8 cm³/mol. The van der Waals surface area contributed by atoms with Crippen LogP contribution in [-0.4, -0.2) is 23.9 Å². The van der Waals surface area contributed by atoms with Crippen molar-refractivity contribution in [1.82, 2.24) is 0 Å². The number of benzene rings is 1. The molecule has 1 N–H and O–H groups in total. The number of methoxy groups -OCH3 is 1. The first-order chi connectivity index (χ1) is 8.11. The van der Waals surface area contributed by atoms with Gasteiger partial charge in [-0.15, -0.1) is 0 Å². The second kappa shape index (κ2) is 4.29. The maximum absolute atomic E-state index is 11.3. The average molecular weight is 233 g/mol. The van der Waals surface area contributed by atoms with E-state index in [0.717, 1.165) is 0 Å². The van der Waals surface area contributed by atoms with Crippen molar-refractivity contribution in [2.45, 2.75) is 6.92 Å². The Hall–Kier alpha value is -2.30. The average Bonchev–Trinajstić information content (AvgIpc) is 2.61. The first-order valence-electron chi connectivity index (χ1n) is 4.97. The zero-order valence-corrected chi connectivity index (χ0v) is 9.43. The molecule has 0 saturated carbocycles. The zero-order valence-electron chi connectivity index (χ0n) is 9.43. The van der Waals surface area contributed by atoms with Crippen LogP contribution in [0.1, 0.15) is 12.5 Å². The highest BCUT2D eigenvalue weighted by Gasteiger charge is 2.21. The van der Waals surface area contributed by atoms with Gasteiger partial charge in [0.05, 0.1) is 18.4 Å². The summed E-state index contributed by atoms with van der Waals surface area (Å²) in [5.41, 5.74) is 1.58. The smallest absolute Gasteiger partial charge is 0.367 e. The third kappa shape index (κ3) is 2.13. The molecule has 1 aliphatic rings. The number of aromatic hydroxyl groups is 1. The second-order valence-corrected chi connectivity index (χ2v) is 3.54. The number of oxime groups is 1. The van der Waals surface area contributed by atoms with Crippen LogP contribution in [-0.2, 0) is 9.63 Å². The molecule has 88 valence electrons. The maximum Gasteiger partial charge on any atom is 0.367 e. The topological polar surface area (TPSA) is 68.1 Å². The van der Waals surface area contributed by atoms with Crippen LogP contribution in [0.15, 0.2) is 28.9 Å². The van der Waals surface area contributed by atoms with Gasteiger partial charge in [-0.3, -0.25) is 0 Å². The first kappa shape index (κ1) is 11.2. The molecule has 1 heterocycles. The van der Waals surface area contributed by atoms with Crippen LogP contribution >= 0.6 is 0 Å². The molecule has 0 fully saturated rings. The molecule has 0 aliphatic carbocycles. The van der Waals surface area contributed by atoms with Gasteiger partial charge in [-0.25, -0.2) is 4.79 Å². The number of phenolic OH excluding ortho intramolecular Hbond substituents is 1. The Balaban J connectivity index is 2.36. The molecular formula is C12H11NO4. The molecule has 0 bridgehead atoms. The first-order valence-corrected chi connectivity index (χ1v) is 4.97. The molecular weight excluding hydrogens is 222 g/mol. The molecule has 0 unspecified atom stereocenters. The Morgan fingerprint density at radius 3 is 2.76 bits per heavy atom. The van der Waals surface area contributed by atoms with Crippen LogP contribution in [0.25, 0.3) is 6.08 Å². The Morgan fingerprint density at radius 1 is 1.47 bits per heavy atom. The lowest BCUT2D eigenvalue weighted by molar-refractivity contribution is -0.136. The number of rotatable bonds is 2. The second-order valence-electron chi connectivity index (χ2n) is 3.54. The van der Waals surface area contributed by atoms with Crippen molar-refractivity contribution >= 4 is 17.8 Å². The quantitative estimate of drug-likeness (QED) is 0.623. The summed E-state index contributed by atoms with van der Waals surface area (Å²) >= 11 is 0. The molecule has 2 rings (SSSR count). The van der Waals surface area contributed by atoms with E-state index in [1.54, 1.807) is 25.1 Å². The standard InChI is InChI=1S/C12H11NO4/c1-7-9(12(15)17-13-7)5-8-3-4-11(16-2)10(14)6-8/h3-6,14H,1-2H3/b9-5-. The molecule has 0 radical (unpaired) electrons. The van der Waals surface area contributed by atoms with Gasteiger partial charge in [-0.05, 0) is 30.7 Å². The molecule has 0 atom stereocenters. The van der Waals surface area contributed by atoms with E-state index in [4.69, 9.17) is 4.74 Å². The van der Waals surface area contributed by atoms with Crippen LogP contribution in [0.4, 0.5) is 0 Å². The van der Waals surface area contributed by atoms with Crippen LogP contribution in [0.5, 0.6) is 11.5 Å².